The van der Waals surface area contributed by atoms with Crippen LogP contribution in [0.25, 0.3) is 11.1 Å². The third-order valence-electron chi connectivity index (χ3n) is 24.8. The van der Waals surface area contributed by atoms with Gasteiger partial charge >= 0.3 is 0 Å². The quantitative estimate of drug-likeness (QED) is 0.0538. The lowest BCUT2D eigenvalue weighted by Gasteiger charge is -2.54. The van der Waals surface area contributed by atoms with Crippen LogP contribution in [0.15, 0.2) is 109 Å². The van der Waals surface area contributed by atoms with Crippen molar-refractivity contribution in [3.05, 3.63) is 159 Å². The zero-order valence-corrected chi connectivity index (χ0v) is 68.2. The molecule has 4 saturated carbocycles. The molecule has 6 fully saturated rings. The molecule has 0 unspecified atom stereocenters. The van der Waals surface area contributed by atoms with E-state index in [-0.39, 0.29) is 122 Å². The summed E-state index contributed by atoms with van der Waals surface area (Å²) in [5, 5.41) is 140. The summed E-state index contributed by atoms with van der Waals surface area (Å²) < 4.78 is 44.5. The maximum atomic E-state index is 16.7. The Balaban J connectivity index is 0.916. The van der Waals surface area contributed by atoms with Crippen molar-refractivity contribution in [2.24, 2.45) is 35.3 Å². The Bertz CT molecular complexity index is 5070. The number of fused-ring (bicyclic) bond motifs is 12. The van der Waals surface area contributed by atoms with Gasteiger partial charge in [-0.05, 0) is 207 Å². The fourth-order valence-corrected chi connectivity index (χ4v) is 19.0. The number of hydrogen-bond acceptors (Lipinski definition) is 28. The minimum absolute atomic E-state index is 0.0767. The number of imide groups is 1. The number of rotatable bonds is 18. The summed E-state index contributed by atoms with van der Waals surface area (Å²) >= 11 is 7.21. The number of carbonyl (C=O) groups excluding carboxylic acids is 9. The van der Waals surface area contributed by atoms with Crippen LogP contribution in [0.2, 0.25) is 5.02 Å². The molecule has 21 N–H and O–H groups in total. The highest BCUT2D eigenvalue weighted by Crippen LogP contribution is 2.56. The Kier molecular flexibility index (Phi) is 25.0. The van der Waals surface area contributed by atoms with E-state index in [9.17, 15) is 65.4 Å². The number of ether oxygens (including phenoxy) is 7. The summed E-state index contributed by atoms with van der Waals surface area (Å²) in [6.45, 7) is 5.25. The molecule has 18 atom stereocenters. The van der Waals surface area contributed by atoms with Gasteiger partial charge in [-0.2, -0.15) is 0 Å². The molecule has 12 aliphatic rings. The summed E-state index contributed by atoms with van der Waals surface area (Å²) in [6.07, 6.45) is -14.2. The molecule has 36 nitrogen and oxygen atoms in total. The first-order valence-electron chi connectivity index (χ1n) is 40.9. The zero-order valence-electron chi connectivity index (χ0n) is 67.4. The number of nitrogens with two attached hydrogens (primary N) is 1. The third-order valence-corrected chi connectivity index (χ3v) is 25.1. The third kappa shape index (κ3) is 17.7. The molecule has 656 valence electrons. The molecular weight excluding hydrogens is 1620 g/mol. The van der Waals surface area contributed by atoms with Crippen molar-refractivity contribution in [3.63, 3.8) is 0 Å². The highest BCUT2D eigenvalue weighted by Gasteiger charge is 2.54. The molecule has 123 heavy (non-hydrogen) atoms. The van der Waals surface area contributed by atoms with E-state index < -0.39 is 210 Å². The van der Waals surface area contributed by atoms with Gasteiger partial charge in [-0.3, -0.25) is 48.5 Å². The molecule has 9 amide bonds. The number of aliphatic hydroxyl groups is 9. The number of benzene rings is 6. The van der Waals surface area contributed by atoms with Crippen molar-refractivity contribution in [3.8, 4) is 51.4 Å². The monoisotopic (exact) mass is 1720 g/mol. The standard InChI is InChI=1S/C86H99ClN10O26/c1-35(2)20-54(89-5)77(108)96-68-70(103)42-11-17-56(53(87)27-42)120-58-29-45-28-57(73(58)123-84-74(72(105)71(104)59(34-99)121-84)122-61-33-85(4,88)75(106)36(3)118-61)119-48-14-6-39(7-15-48)69(102)67-83(114)95-66(81(112)92-63-43-22-37-21-38(24-43)25-44(63)23-37)50-30-46(100)31-52-62(50)49-26-41(10-16-51(49)86(52,115)116)64(79(110)97-67)94-80(111)65(45)93-78(109)55(90-82(68)113)32-60(101)91-76(107)40-8-12-47(13-9-40)117-19-18-98/h6-17,26-31,35-38,43-44,54-55,59,61,63-72,74-75,84,89,98-100,102-106,115-116H,18-25,32-34,88H2,1-5H3,(H,90,113)(H,92,112)(H,93,109)(H,94,111)(H,95,114)(H,96,108)(H,97,110)(H,91,101,107)/t36-,37?,38?,43?,44?,54+,55-,59+,61-,63?,64+,65+,66-,67-,68+,69+,70+,71+,72-,74+,75+,84-,85-/m0/s1. The molecule has 37 heteroatoms. The topological polar surface area (TPSA) is 555 Å². The van der Waals surface area contributed by atoms with Gasteiger partial charge in [-0.15, -0.1) is 0 Å². The van der Waals surface area contributed by atoms with E-state index in [1.807, 2.05) is 13.8 Å². The maximum absolute atomic E-state index is 16.7. The second-order valence-electron chi connectivity index (χ2n) is 34.0. The Morgan fingerprint density at radius 1 is 0.683 bits per heavy atom. The van der Waals surface area contributed by atoms with Gasteiger partial charge in [0.25, 0.3) is 5.91 Å². The van der Waals surface area contributed by atoms with Gasteiger partial charge in [0.15, 0.2) is 23.9 Å². The number of aliphatic hydroxyl groups excluding tert-OH is 7. The average molecular weight is 1720 g/mol. The lowest BCUT2D eigenvalue weighted by molar-refractivity contribution is -0.333. The molecular formula is C86H99ClN10O26. The molecule has 5 aliphatic carbocycles. The molecule has 6 aromatic rings. The highest BCUT2D eigenvalue weighted by molar-refractivity contribution is 6.32. The van der Waals surface area contributed by atoms with Gasteiger partial charge in [-0.25, -0.2) is 0 Å². The molecule has 2 saturated heterocycles. The number of phenolic OH excluding ortho intramolecular Hbond substituents is 1. The normalized spacial score (nSPS) is 31.3. The van der Waals surface area contributed by atoms with Crippen molar-refractivity contribution in [1.29, 1.82) is 0 Å². The van der Waals surface area contributed by atoms with Crippen molar-refractivity contribution in [1.82, 2.24) is 47.9 Å². The SMILES string of the molecule is CN[C@H](CC(C)C)C(=O)N[C@H]1C(=O)N[C@@H](CC(=O)NC(=O)c2ccc(OCCO)cc2)C(=O)N[C@H]2C(=O)N[C@H]3C(=O)N[C@H](C(=O)N[C@H](C(=O)NC4C5CC6CC(C5)CC4C6)c4cc(O)cc5c4-c4cc3ccc4C5(O)O)[C@H](O)c3ccc(cc3)Oc3cc2cc(c3O[C@@H]2O[C@H](CO)[C@@H](O)[C@H](O)[C@H]2O[C@H]2C[C@](C)(N)[C@H](O)[C@H](C)O2)Oc2ccc(cc2Cl)[C@H]1O. The van der Waals surface area contributed by atoms with Gasteiger partial charge in [0.1, 0.15) is 96.4 Å². The van der Waals surface area contributed by atoms with E-state index in [0.29, 0.717) is 11.8 Å². The number of hydrogen-bond donors (Lipinski definition) is 20. The number of aromatic hydroxyl groups is 1. The van der Waals surface area contributed by atoms with Gasteiger partial charge < -0.3 is 132 Å². The van der Waals surface area contributed by atoms with Crippen molar-refractivity contribution < 1.29 is 127 Å². The minimum Gasteiger partial charge on any atom is -0.508 e. The molecule has 7 aliphatic heterocycles. The second kappa shape index (κ2) is 35.2. The second-order valence-corrected chi connectivity index (χ2v) is 34.4. The fourth-order valence-electron chi connectivity index (χ4n) is 18.7. The Morgan fingerprint density at radius 2 is 1.34 bits per heavy atom. The van der Waals surface area contributed by atoms with E-state index in [2.05, 4.69) is 47.9 Å². The van der Waals surface area contributed by atoms with Gasteiger partial charge in [0.2, 0.25) is 65.1 Å². The van der Waals surface area contributed by atoms with Crippen molar-refractivity contribution >= 4 is 64.8 Å². The van der Waals surface area contributed by atoms with Crippen LogP contribution >= 0.6 is 11.6 Å². The van der Waals surface area contributed by atoms with Crippen molar-refractivity contribution in [2.75, 3.05) is 26.9 Å². The first-order chi connectivity index (χ1) is 58.6. The van der Waals surface area contributed by atoms with Crippen LogP contribution in [0, 0.1) is 29.6 Å². The molecule has 6 aromatic carbocycles. The predicted molar refractivity (Wildman–Crippen MR) is 430 cm³/mol. The summed E-state index contributed by atoms with van der Waals surface area (Å²) in [6, 6.07) is 7.67. The van der Waals surface area contributed by atoms with Crippen LogP contribution in [0.1, 0.15) is 159 Å². The fraction of sp³-hybridized carbons (Fsp3) is 0.477. The largest absolute Gasteiger partial charge is 0.508 e. The van der Waals surface area contributed by atoms with Crippen molar-refractivity contribution in [2.45, 2.75) is 200 Å². The number of halogens is 1. The Labute approximate surface area is 709 Å². The molecule has 0 spiro atoms. The molecule has 15 bridgehead atoms. The number of phenols is 1. The summed E-state index contributed by atoms with van der Waals surface area (Å²) in [4.78, 5) is 139. The van der Waals surface area contributed by atoms with E-state index in [4.69, 9.17) is 50.5 Å². The van der Waals surface area contributed by atoms with Crippen LogP contribution in [0.3, 0.4) is 0 Å². The lowest BCUT2D eigenvalue weighted by atomic mass is 9.54. The Hall–Kier alpha value is -10.5. The lowest BCUT2D eigenvalue weighted by Crippen LogP contribution is -2.64. The molecule has 0 radical (unpaired) electrons. The van der Waals surface area contributed by atoms with Crippen LogP contribution in [0.5, 0.6) is 40.2 Å². The minimum atomic E-state index is -2.99. The molecule has 0 aromatic heterocycles. The van der Waals surface area contributed by atoms with Gasteiger partial charge in [0.05, 0.1) is 42.9 Å². The Morgan fingerprint density at radius 3 is 2.00 bits per heavy atom. The maximum Gasteiger partial charge on any atom is 0.257 e. The molecule has 7 heterocycles. The van der Waals surface area contributed by atoms with Crippen LogP contribution in [-0.4, -0.2) is 216 Å². The number of amides is 9. The van der Waals surface area contributed by atoms with E-state index in [1.54, 1.807) is 0 Å². The summed E-state index contributed by atoms with van der Waals surface area (Å²) in [5.41, 5.74) is 3.05. The van der Waals surface area contributed by atoms with Gasteiger partial charge in [0, 0.05) is 34.7 Å². The van der Waals surface area contributed by atoms with Crippen LogP contribution in [0.4, 0.5) is 0 Å². The summed E-state index contributed by atoms with van der Waals surface area (Å²) in [7, 11) is 1.47. The van der Waals surface area contributed by atoms with Crippen LogP contribution < -0.4 is 72.5 Å². The zero-order chi connectivity index (χ0) is 87.7. The predicted octanol–water partition coefficient (Wildman–Crippen LogP) is 1.24. The van der Waals surface area contributed by atoms with E-state index >= 15 is 28.8 Å². The first kappa shape index (κ1) is 87.4. The smallest absolute Gasteiger partial charge is 0.257 e. The number of carbonyl (C=O) groups is 9. The molecule has 18 rings (SSSR count). The highest BCUT2D eigenvalue weighted by atomic mass is 35.5. The van der Waals surface area contributed by atoms with Gasteiger partial charge in [-0.1, -0.05) is 55.8 Å². The summed E-state index contributed by atoms with van der Waals surface area (Å²) in [5.74, 6) is -15.4. The average Bonchev–Trinajstić information content (AvgIpc) is 1.57. The van der Waals surface area contributed by atoms with Crippen LogP contribution in [-0.2, 0) is 58.4 Å². The first-order valence-corrected chi connectivity index (χ1v) is 41.3. The number of nitrogens with one attached hydrogen (secondary N) is 9. The van der Waals surface area contributed by atoms with E-state index in [1.165, 1.54) is 99.8 Å². The number of likely N-dealkylation sites (N-methyl/N-ethyl adjacent to an activating group) is 1. The van der Waals surface area contributed by atoms with E-state index in [0.717, 1.165) is 62.4 Å².